The van der Waals surface area contributed by atoms with Gasteiger partial charge >= 0.3 is 11.9 Å². The SMILES string of the molecule is CCN1CCN(c2nc(C=Cc3ccccc3CCO)cc3ccoc23)CC1.O=C(O)C(=O)O. The maximum Gasteiger partial charge on any atom is 0.414 e. The lowest BCUT2D eigenvalue weighted by atomic mass is 10.0. The van der Waals surface area contributed by atoms with E-state index in [-0.39, 0.29) is 6.61 Å². The Morgan fingerprint density at radius 2 is 1.76 bits per heavy atom. The van der Waals surface area contributed by atoms with E-state index in [0.29, 0.717) is 6.42 Å². The number of aliphatic hydroxyl groups is 1. The summed E-state index contributed by atoms with van der Waals surface area (Å²) in [4.78, 5) is 27.9. The molecule has 0 bridgehead atoms. The average molecular weight is 468 g/mol. The van der Waals surface area contributed by atoms with E-state index in [1.807, 2.05) is 18.2 Å². The predicted molar refractivity (Wildman–Crippen MR) is 130 cm³/mol. The van der Waals surface area contributed by atoms with Crippen LogP contribution in [0.3, 0.4) is 0 Å². The number of aliphatic carboxylic acids is 2. The van der Waals surface area contributed by atoms with Gasteiger partial charge in [-0.15, -0.1) is 0 Å². The Labute approximate surface area is 197 Å². The third kappa shape index (κ3) is 6.43. The van der Waals surface area contributed by atoms with E-state index in [2.05, 4.69) is 47.1 Å². The summed E-state index contributed by atoms with van der Waals surface area (Å²) >= 11 is 0. The highest BCUT2D eigenvalue weighted by Crippen LogP contribution is 2.28. The summed E-state index contributed by atoms with van der Waals surface area (Å²) in [5, 5.41) is 25.1. The van der Waals surface area contributed by atoms with Crippen LogP contribution in [-0.2, 0) is 16.0 Å². The van der Waals surface area contributed by atoms with Crippen molar-refractivity contribution < 1.29 is 29.3 Å². The molecular weight excluding hydrogens is 438 g/mol. The molecule has 1 fully saturated rings. The second-order valence-corrected chi connectivity index (χ2v) is 7.75. The van der Waals surface area contributed by atoms with Crippen molar-refractivity contribution in [3.8, 4) is 0 Å². The van der Waals surface area contributed by atoms with Crippen LogP contribution in [-0.4, -0.2) is 76.5 Å². The van der Waals surface area contributed by atoms with Gasteiger partial charge in [0.25, 0.3) is 0 Å². The lowest BCUT2D eigenvalue weighted by Crippen LogP contribution is -2.46. The fourth-order valence-electron chi connectivity index (χ4n) is 3.77. The van der Waals surface area contributed by atoms with E-state index >= 15 is 0 Å². The molecular formula is C25H29N3O6. The van der Waals surface area contributed by atoms with Gasteiger partial charge in [-0.05, 0) is 42.3 Å². The third-order valence-corrected chi connectivity index (χ3v) is 5.61. The summed E-state index contributed by atoms with van der Waals surface area (Å²) in [6.45, 7) is 7.47. The number of anilines is 1. The van der Waals surface area contributed by atoms with Gasteiger partial charge in [0.15, 0.2) is 11.4 Å². The van der Waals surface area contributed by atoms with Crippen molar-refractivity contribution in [1.29, 1.82) is 0 Å². The van der Waals surface area contributed by atoms with Crippen LogP contribution in [0.1, 0.15) is 23.7 Å². The van der Waals surface area contributed by atoms with Crippen molar-refractivity contribution in [3.63, 3.8) is 0 Å². The molecule has 0 unspecified atom stereocenters. The topological polar surface area (TPSA) is 127 Å². The molecule has 0 saturated carbocycles. The number of fused-ring (bicyclic) bond motifs is 1. The smallest absolute Gasteiger partial charge is 0.414 e. The molecule has 3 aromatic rings. The molecule has 34 heavy (non-hydrogen) atoms. The number of carboxylic acids is 2. The molecule has 0 amide bonds. The maximum absolute atomic E-state index is 9.29. The van der Waals surface area contributed by atoms with Crippen LogP contribution in [0.5, 0.6) is 0 Å². The number of benzene rings is 1. The zero-order valence-corrected chi connectivity index (χ0v) is 19.1. The van der Waals surface area contributed by atoms with Crippen LogP contribution in [0.15, 0.2) is 47.1 Å². The van der Waals surface area contributed by atoms with E-state index in [1.165, 1.54) is 0 Å². The van der Waals surface area contributed by atoms with Crippen molar-refractivity contribution in [1.82, 2.24) is 9.88 Å². The molecule has 9 heteroatoms. The Bertz CT molecular complexity index is 1140. The fourth-order valence-corrected chi connectivity index (χ4v) is 3.77. The summed E-state index contributed by atoms with van der Waals surface area (Å²) in [6, 6.07) is 12.2. The van der Waals surface area contributed by atoms with Crippen molar-refractivity contribution in [2.45, 2.75) is 13.3 Å². The predicted octanol–water partition coefficient (Wildman–Crippen LogP) is 2.83. The van der Waals surface area contributed by atoms with E-state index < -0.39 is 11.9 Å². The number of piperazine rings is 1. The minimum atomic E-state index is -1.82. The van der Waals surface area contributed by atoms with Gasteiger partial charge in [0, 0.05) is 38.2 Å². The minimum absolute atomic E-state index is 0.151. The monoisotopic (exact) mass is 467 g/mol. The quantitative estimate of drug-likeness (QED) is 0.469. The summed E-state index contributed by atoms with van der Waals surface area (Å²) in [7, 11) is 0. The molecule has 0 spiro atoms. The van der Waals surface area contributed by atoms with Crippen molar-refractivity contribution in [3.05, 3.63) is 59.5 Å². The first-order valence-corrected chi connectivity index (χ1v) is 11.1. The first-order chi connectivity index (χ1) is 16.4. The molecule has 180 valence electrons. The molecule has 3 N–H and O–H groups in total. The fraction of sp³-hybridized carbons (Fsp3) is 0.320. The number of rotatable bonds is 6. The van der Waals surface area contributed by atoms with Crippen LogP contribution >= 0.6 is 0 Å². The highest BCUT2D eigenvalue weighted by Gasteiger charge is 2.20. The van der Waals surface area contributed by atoms with Crippen LogP contribution < -0.4 is 4.90 Å². The average Bonchev–Trinajstić information content (AvgIpc) is 3.32. The summed E-state index contributed by atoms with van der Waals surface area (Å²) in [5.74, 6) is -2.72. The zero-order chi connectivity index (χ0) is 24.5. The Morgan fingerprint density at radius 3 is 2.41 bits per heavy atom. The number of hydrogen-bond donors (Lipinski definition) is 3. The molecule has 1 aromatic carbocycles. The number of nitrogens with zero attached hydrogens (tertiary/aromatic N) is 3. The Hall–Kier alpha value is -3.69. The van der Waals surface area contributed by atoms with Gasteiger partial charge in [0.1, 0.15) is 0 Å². The standard InChI is InChI=1S/C23H27N3O2.C2H2O4/c1-2-25-11-13-26(14-12-25)23-22-20(10-16-28-22)17-21(24-23)8-7-18-5-3-4-6-19(18)9-15-27;3-1(4)2(5)6/h3-8,10,16-17,27H,2,9,11-15H2,1H3;(H,3,4)(H,5,6). The van der Waals surface area contributed by atoms with Crippen molar-refractivity contribution in [2.24, 2.45) is 0 Å². The molecule has 1 aliphatic heterocycles. The number of furan rings is 1. The lowest BCUT2D eigenvalue weighted by Gasteiger charge is -2.34. The van der Waals surface area contributed by atoms with Crippen LogP contribution in [0.4, 0.5) is 5.82 Å². The van der Waals surface area contributed by atoms with Crippen molar-refractivity contribution >= 4 is 40.9 Å². The first kappa shape index (κ1) is 24.9. The minimum Gasteiger partial charge on any atom is -0.473 e. The number of carboxylic acid groups (broad SMARTS) is 2. The van der Waals surface area contributed by atoms with Crippen LogP contribution in [0.2, 0.25) is 0 Å². The molecule has 3 heterocycles. The van der Waals surface area contributed by atoms with Gasteiger partial charge in [0.05, 0.1) is 12.0 Å². The molecule has 1 aliphatic rings. The second-order valence-electron chi connectivity index (χ2n) is 7.75. The zero-order valence-electron chi connectivity index (χ0n) is 19.1. The third-order valence-electron chi connectivity index (χ3n) is 5.61. The van der Waals surface area contributed by atoms with Gasteiger partial charge in [-0.3, -0.25) is 0 Å². The van der Waals surface area contributed by atoms with Gasteiger partial charge in [0.2, 0.25) is 0 Å². The second kappa shape index (κ2) is 12.0. The van der Waals surface area contributed by atoms with Gasteiger partial charge in [-0.25, -0.2) is 14.6 Å². The summed E-state index contributed by atoms with van der Waals surface area (Å²) < 4.78 is 5.75. The van der Waals surface area contributed by atoms with E-state index in [4.69, 9.17) is 29.2 Å². The molecule has 1 saturated heterocycles. The van der Waals surface area contributed by atoms with Crippen LogP contribution in [0.25, 0.3) is 23.1 Å². The van der Waals surface area contributed by atoms with Gasteiger partial charge in [-0.1, -0.05) is 37.3 Å². The normalized spacial score (nSPS) is 14.2. The largest absolute Gasteiger partial charge is 0.473 e. The molecule has 2 aromatic heterocycles. The van der Waals surface area contributed by atoms with Gasteiger partial charge in [-0.2, -0.15) is 0 Å². The number of hydrogen-bond acceptors (Lipinski definition) is 7. The molecule has 0 atom stereocenters. The van der Waals surface area contributed by atoms with Gasteiger partial charge < -0.3 is 29.5 Å². The molecule has 9 nitrogen and oxygen atoms in total. The number of aromatic nitrogens is 1. The Balaban J connectivity index is 0.000000481. The van der Waals surface area contributed by atoms with E-state index in [1.54, 1.807) is 6.26 Å². The number of pyridine rings is 1. The Morgan fingerprint density at radius 1 is 1.06 bits per heavy atom. The molecule has 4 rings (SSSR count). The summed E-state index contributed by atoms with van der Waals surface area (Å²) in [6.07, 6.45) is 6.52. The number of aliphatic hydroxyl groups excluding tert-OH is 1. The first-order valence-electron chi connectivity index (χ1n) is 11.1. The maximum atomic E-state index is 9.29. The molecule has 0 radical (unpaired) electrons. The Kier molecular flexibility index (Phi) is 8.78. The highest BCUT2D eigenvalue weighted by atomic mass is 16.4. The molecule has 0 aliphatic carbocycles. The van der Waals surface area contributed by atoms with Crippen LogP contribution in [0, 0.1) is 0 Å². The van der Waals surface area contributed by atoms with E-state index in [9.17, 15) is 5.11 Å². The number of carbonyl (C=O) groups is 2. The van der Waals surface area contributed by atoms with Crippen molar-refractivity contribution in [2.75, 3.05) is 44.2 Å². The highest BCUT2D eigenvalue weighted by molar-refractivity contribution is 6.27. The number of likely N-dealkylation sites (N-methyl/N-ethyl adjacent to an activating group) is 1. The lowest BCUT2D eigenvalue weighted by molar-refractivity contribution is -0.159. The summed E-state index contributed by atoms with van der Waals surface area (Å²) in [5.41, 5.74) is 4.04. The van der Waals surface area contributed by atoms with E-state index in [0.717, 1.165) is 66.3 Å².